The third kappa shape index (κ3) is 4.04. The summed E-state index contributed by atoms with van der Waals surface area (Å²) in [6.45, 7) is -0.244. The molecule has 0 aliphatic carbocycles. The SMILES string of the molecule is O=c1[nH]c(=O)c2c(CC(F)(F)F)nn(Cc3ccc(C(F)(F)F)cc3)c2[nH]1. The predicted molar refractivity (Wildman–Crippen MR) is 81.3 cm³/mol. The van der Waals surface area contributed by atoms with Crippen molar-refractivity contribution in [2.45, 2.75) is 25.3 Å². The van der Waals surface area contributed by atoms with Crippen molar-refractivity contribution in [3.8, 4) is 0 Å². The molecule has 0 unspecified atom stereocenters. The summed E-state index contributed by atoms with van der Waals surface area (Å²) in [5.74, 6) is 0. The molecule has 2 N–H and O–H groups in total. The summed E-state index contributed by atoms with van der Waals surface area (Å²) in [4.78, 5) is 27.4. The number of aromatic nitrogens is 4. The molecule has 0 fully saturated rings. The topological polar surface area (TPSA) is 83.5 Å². The number of H-pyrrole nitrogens is 2. The fraction of sp³-hybridized carbons (Fsp3) is 0.267. The van der Waals surface area contributed by atoms with Crippen LogP contribution in [0.3, 0.4) is 0 Å². The number of benzene rings is 1. The second-order valence-electron chi connectivity index (χ2n) is 5.72. The van der Waals surface area contributed by atoms with Gasteiger partial charge in [0.05, 0.1) is 24.2 Å². The van der Waals surface area contributed by atoms with Gasteiger partial charge in [0.2, 0.25) is 0 Å². The van der Waals surface area contributed by atoms with Crippen LogP contribution in [0.25, 0.3) is 11.0 Å². The molecule has 2 aromatic heterocycles. The highest BCUT2D eigenvalue weighted by molar-refractivity contribution is 5.77. The van der Waals surface area contributed by atoms with Crippen molar-refractivity contribution in [3.63, 3.8) is 0 Å². The molecule has 0 bridgehead atoms. The van der Waals surface area contributed by atoms with Crippen LogP contribution in [0, 0.1) is 0 Å². The lowest BCUT2D eigenvalue weighted by Crippen LogP contribution is -2.23. The van der Waals surface area contributed by atoms with E-state index >= 15 is 0 Å². The zero-order chi connectivity index (χ0) is 20.0. The van der Waals surface area contributed by atoms with Gasteiger partial charge in [0.1, 0.15) is 11.0 Å². The Labute approximate surface area is 145 Å². The van der Waals surface area contributed by atoms with E-state index in [0.29, 0.717) is 0 Å². The predicted octanol–water partition coefficient (Wildman–Crippen LogP) is 2.58. The van der Waals surface area contributed by atoms with Crippen molar-refractivity contribution < 1.29 is 26.3 Å². The van der Waals surface area contributed by atoms with Crippen molar-refractivity contribution in [2.75, 3.05) is 0 Å². The number of rotatable bonds is 3. The molecule has 0 spiro atoms. The fourth-order valence-electron chi connectivity index (χ4n) is 2.58. The third-order valence-electron chi connectivity index (χ3n) is 3.69. The molecule has 0 aliphatic rings. The minimum Gasteiger partial charge on any atom is -0.292 e. The van der Waals surface area contributed by atoms with E-state index in [1.807, 2.05) is 4.98 Å². The highest BCUT2D eigenvalue weighted by Gasteiger charge is 2.32. The van der Waals surface area contributed by atoms with Crippen LogP contribution in [0.5, 0.6) is 0 Å². The summed E-state index contributed by atoms with van der Waals surface area (Å²) in [5, 5.41) is 3.30. The zero-order valence-electron chi connectivity index (χ0n) is 13.2. The van der Waals surface area contributed by atoms with Gasteiger partial charge >= 0.3 is 18.0 Å². The lowest BCUT2D eigenvalue weighted by Gasteiger charge is -2.08. The van der Waals surface area contributed by atoms with E-state index in [4.69, 9.17) is 0 Å². The van der Waals surface area contributed by atoms with Gasteiger partial charge in [0, 0.05) is 0 Å². The van der Waals surface area contributed by atoms with E-state index < -0.39 is 46.7 Å². The Morgan fingerprint density at radius 3 is 2.15 bits per heavy atom. The molecular formula is C15H10F6N4O2. The maximum Gasteiger partial charge on any atom is 0.416 e. The number of nitrogens with zero attached hydrogens (tertiary/aromatic N) is 2. The van der Waals surface area contributed by atoms with Gasteiger partial charge in [-0.15, -0.1) is 0 Å². The van der Waals surface area contributed by atoms with E-state index in [1.54, 1.807) is 0 Å². The molecular weight excluding hydrogens is 382 g/mol. The van der Waals surface area contributed by atoms with Gasteiger partial charge < -0.3 is 0 Å². The normalized spacial score (nSPS) is 12.7. The first-order valence-electron chi connectivity index (χ1n) is 7.39. The van der Waals surface area contributed by atoms with Crippen LogP contribution >= 0.6 is 0 Å². The summed E-state index contributed by atoms with van der Waals surface area (Å²) in [7, 11) is 0. The number of hydrogen-bond donors (Lipinski definition) is 2. The molecule has 0 radical (unpaired) electrons. The molecule has 0 aliphatic heterocycles. The maximum atomic E-state index is 12.7. The molecule has 12 heteroatoms. The maximum absolute atomic E-state index is 12.7. The minimum atomic E-state index is -4.65. The standard InChI is InChI=1S/C15H10F6N4O2/c16-14(17,18)5-9-10-11(22-13(27)23-12(10)26)25(24-9)6-7-1-3-8(4-2-7)15(19,20)21/h1-4H,5-6H2,(H2,22,23,26,27). The first-order chi connectivity index (χ1) is 12.4. The average molecular weight is 392 g/mol. The third-order valence-corrected chi connectivity index (χ3v) is 3.69. The van der Waals surface area contributed by atoms with E-state index in [0.717, 1.165) is 28.9 Å². The van der Waals surface area contributed by atoms with Crippen LogP contribution in [0.15, 0.2) is 33.9 Å². The summed E-state index contributed by atoms with van der Waals surface area (Å²) < 4.78 is 76.9. The molecule has 3 rings (SSSR count). The molecule has 3 aromatic rings. The lowest BCUT2D eigenvalue weighted by molar-refractivity contribution is -0.137. The molecule has 144 valence electrons. The minimum absolute atomic E-state index is 0.244. The number of alkyl halides is 6. The van der Waals surface area contributed by atoms with Crippen molar-refractivity contribution in [3.05, 3.63) is 61.9 Å². The van der Waals surface area contributed by atoms with Gasteiger partial charge in [-0.25, -0.2) is 9.48 Å². The smallest absolute Gasteiger partial charge is 0.292 e. The van der Waals surface area contributed by atoms with Gasteiger partial charge in [-0.2, -0.15) is 31.4 Å². The van der Waals surface area contributed by atoms with Gasteiger partial charge in [0.15, 0.2) is 0 Å². The van der Waals surface area contributed by atoms with Crippen LogP contribution in [-0.2, 0) is 19.1 Å². The Morgan fingerprint density at radius 1 is 0.963 bits per heavy atom. The van der Waals surface area contributed by atoms with Crippen LogP contribution < -0.4 is 11.2 Å². The van der Waals surface area contributed by atoms with Crippen molar-refractivity contribution >= 4 is 11.0 Å². The Kier molecular flexibility index (Phi) is 4.36. The molecule has 0 atom stereocenters. The number of nitrogens with one attached hydrogen (secondary N) is 2. The molecule has 0 saturated carbocycles. The van der Waals surface area contributed by atoms with Crippen LogP contribution in [0.2, 0.25) is 0 Å². The number of fused-ring (bicyclic) bond motifs is 1. The lowest BCUT2D eigenvalue weighted by atomic mass is 10.1. The number of aromatic amines is 2. The number of hydrogen-bond acceptors (Lipinski definition) is 3. The Balaban J connectivity index is 2.06. The van der Waals surface area contributed by atoms with Gasteiger partial charge in [-0.1, -0.05) is 12.1 Å². The zero-order valence-corrected chi connectivity index (χ0v) is 13.2. The molecule has 0 amide bonds. The molecule has 0 saturated heterocycles. The van der Waals surface area contributed by atoms with Crippen molar-refractivity contribution in [1.29, 1.82) is 0 Å². The van der Waals surface area contributed by atoms with E-state index in [-0.39, 0.29) is 17.8 Å². The van der Waals surface area contributed by atoms with Gasteiger partial charge in [-0.05, 0) is 17.7 Å². The van der Waals surface area contributed by atoms with Gasteiger partial charge in [0.25, 0.3) is 5.56 Å². The van der Waals surface area contributed by atoms with E-state index in [1.165, 1.54) is 0 Å². The highest BCUT2D eigenvalue weighted by atomic mass is 19.4. The Hall–Kier alpha value is -3.05. The van der Waals surface area contributed by atoms with Crippen LogP contribution in [0.1, 0.15) is 16.8 Å². The van der Waals surface area contributed by atoms with Crippen LogP contribution in [0.4, 0.5) is 26.3 Å². The molecule has 2 heterocycles. The monoisotopic (exact) mass is 392 g/mol. The molecule has 6 nitrogen and oxygen atoms in total. The molecule has 1 aromatic carbocycles. The summed E-state index contributed by atoms with van der Waals surface area (Å²) in [6.07, 6.45) is -10.7. The Bertz CT molecular complexity index is 1090. The van der Waals surface area contributed by atoms with Crippen LogP contribution in [-0.4, -0.2) is 25.9 Å². The number of halogens is 6. The Morgan fingerprint density at radius 2 is 1.59 bits per heavy atom. The quantitative estimate of drug-likeness (QED) is 0.672. The fourth-order valence-corrected chi connectivity index (χ4v) is 2.58. The summed E-state index contributed by atoms with van der Waals surface area (Å²) in [6, 6.07) is 3.89. The second kappa shape index (κ2) is 6.28. The van der Waals surface area contributed by atoms with Crippen molar-refractivity contribution in [2.24, 2.45) is 0 Å². The van der Waals surface area contributed by atoms with Crippen molar-refractivity contribution in [1.82, 2.24) is 19.7 Å². The molecule has 27 heavy (non-hydrogen) atoms. The first-order valence-corrected chi connectivity index (χ1v) is 7.39. The van der Waals surface area contributed by atoms with Gasteiger partial charge in [-0.3, -0.25) is 14.8 Å². The highest BCUT2D eigenvalue weighted by Crippen LogP contribution is 2.29. The van der Waals surface area contributed by atoms with E-state index in [9.17, 15) is 35.9 Å². The summed E-state index contributed by atoms with van der Waals surface area (Å²) in [5.41, 5.74) is -3.43. The summed E-state index contributed by atoms with van der Waals surface area (Å²) >= 11 is 0. The van der Waals surface area contributed by atoms with E-state index in [2.05, 4.69) is 10.1 Å². The average Bonchev–Trinajstić information content (AvgIpc) is 2.82. The second-order valence-corrected chi connectivity index (χ2v) is 5.72. The largest absolute Gasteiger partial charge is 0.416 e. The first kappa shape index (κ1) is 18.7.